The summed E-state index contributed by atoms with van der Waals surface area (Å²) < 4.78 is 11.5. The van der Waals surface area contributed by atoms with Crippen LogP contribution in [0.3, 0.4) is 0 Å². The van der Waals surface area contributed by atoms with E-state index in [0.717, 1.165) is 46.2 Å². The van der Waals surface area contributed by atoms with Gasteiger partial charge in [-0.25, -0.2) is 4.98 Å². The summed E-state index contributed by atoms with van der Waals surface area (Å²) in [5.74, 6) is 1.24. The summed E-state index contributed by atoms with van der Waals surface area (Å²) in [4.78, 5) is 6.86. The highest BCUT2D eigenvalue weighted by Gasteiger charge is 2.27. The number of nitrogens with zero attached hydrogens (tertiary/aromatic N) is 3. The minimum atomic E-state index is 0.275. The molecule has 0 spiro atoms. The molecular formula is C26H32ClN3O2. The van der Waals surface area contributed by atoms with Crippen LogP contribution in [0.1, 0.15) is 70.2 Å². The van der Waals surface area contributed by atoms with Crippen molar-refractivity contribution in [2.75, 3.05) is 18.6 Å². The summed E-state index contributed by atoms with van der Waals surface area (Å²) >= 11 is 6.55. The molecular weight excluding hydrogens is 422 g/mol. The Kier molecular flexibility index (Phi) is 6.47. The molecule has 1 aliphatic rings. The zero-order chi connectivity index (χ0) is 23.0. The Morgan fingerprint density at radius 1 is 1.19 bits per heavy atom. The molecule has 170 valence electrons. The van der Waals surface area contributed by atoms with E-state index in [0.29, 0.717) is 29.3 Å². The van der Waals surface area contributed by atoms with E-state index in [1.807, 2.05) is 12.3 Å². The molecule has 0 bridgehead atoms. The molecule has 2 aromatic heterocycles. The molecule has 3 aromatic rings. The molecule has 0 fully saturated rings. The number of benzene rings is 1. The Labute approximate surface area is 195 Å². The van der Waals surface area contributed by atoms with Gasteiger partial charge in [-0.15, -0.1) is 0 Å². The average Bonchev–Trinajstić information content (AvgIpc) is 3.20. The summed E-state index contributed by atoms with van der Waals surface area (Å²) in [6.45, 7) is 11.4. The van der Waals surface area contributed by atoms with Crippen molar-refractivity contribution in [2.24, 2.45) is 5.92 Å². The van der Waals surface area contributed by atoms with Gasteiger partial charge in [-0.2, -0.15) is 0 Å². The van der Waals surface area contributed by atoms with E-state index in [9.17, 15) is 0 Å². The number of likely N-dealkylation sites (N-methyl/N-ethyl adjacent to an activating group) is 1. The molecule has 1 aromatic carbocycles. The predicted octanol–water partition coefficient (Wildman–Crippen LogP) is 7.08. The lowest BCUT2D eigenvalue weighted by atomic mass is 9.89. The standard InChI is InChI=1S/C26H32ClN3O2/c1-7-16(5)25-21-11-23-20(12-24(21)32-29-25)19(10-18(8-2)30(23)6)17-9-22(27)26(28-13-17)31-14-15(3)4/h9-13,15-16,18H,7-8,14H2,1-6H3. The average molecular weight is 454 g/mol. The predicted molar refractivity (Wildman–Crippen MR) is 132 cm³/mol. The van der Waals surface area contributed by atoms with Gasteiger partial charge in [0.1, 0.15) is 5.02 Å². The van der Waals surface area contributed by atoms with E-state index in [1.165, 1.54) is 5.69 Å². The highest BCUT2D eigenvalue weighted by Crippen LogP contribution is 2.42. The van der Waals surface area contributed by atoms with Crippen molar-refractivity contribution in [2.45, 2.75) is 59.4 Å². The van der Waals surface area contributed by atoms with Crippen molar-refractivity contribution in [1.29, 1.82) is 0 Å². The quantitative estimate of drug-likeness (QED) is 0.382. The number of halogens is 1. The Balaban J connectivity index is 1.81. The molecule has 2 atom stereocenters. The van der Waals surface area contributed by atoms with Gasteiger partial charge < -0.3 is 14.2 Å². The van der Waals surface area contributed by atoms with Crippen LogP contribution in [0.25, 0.3) is 16.5 Å². The van der Waals surface area contributed by atoms with Crippen molar-refractivity contribution < 1.29 is 9.26 Å². The van der Waals surface area contributed by atoms with Gasteiger partial charge in [0, 0.05) is 47.4 Å². The van der Waals surface area contributed by atoms with Crippen molar-refractivity contribution in [3.63, 3.8) is 0 Å². The summed E-state index contributed by atoms with van der Waals surface area (Å²) in [7, 11) is 2.15. The van der Waals surface area contributed by atoms with E-state index in [4.69, 9.17) is 20.9 Å². The number of rotatable bonds is 7. The number of anilines is 1. The maximum absolute atomic E-state index is 6.55. The first kappa shape index (κ1) is 22.7. The van der Waals surface area contributed by atoms with Crippen LogP contribution in [0, 0.1) is 5.92 Å². The first-order chi connectivity index (χ1) is 15.3. The van der Waals surface area contributed by atoms with E-state index in [-0.39, 0.29) is 6.04 Å². The van der Waals surface area contributed by atoms with Gasteiger partial charge in [-0.05, 0) is 42.5 Å². The zero-order valence-corrected chi connectivity index (χ0v) is 20.5. The third kappa shape index (κ3) is 4.11. The number of fused-ring (bicyclic) bond motifs is 2. The second-order valence-corrected chi connectivity index (χ2v) is 9.53. The maximum Gasteiger partial charge on any atom is 0.232 e. The SMILES string of the molecule is CCC(C)c1noc2cc3c(cc12)N(C)C(CC)C=C3c1cnc(OCC(C)C)c(Cl)c1. The number of pyridine rings is 1. The number of ether oxygens (including phenoxy) is 1. The molecule has 3 heterocycles. The highest BCUT2D eigenvalue weighted by molar-refractivity contribution is 6.32. The fraction of sp³-hybridized carbons (Fsp3) is 0.462. The minimum absolute atomic E-state index is 0.275. The fourth-order valence-corrected chi connectivity index (χ4v) is 4.41. The lowest BCUT2D eigenvalue weighted by molar-refractivity contribution is 0.261. The van der Waals surface area contributed by atoms with Crippen molar-refractivity contribution in [3.05, 3.63) is 52.3 Å². The van der Waals surface area contributed by atoms with Crippen LogP contribution in [0.15, 0.2) is 35.0 Å². The van der Waals surface area contributed by atoms with Crippen LogP contribution in [0.2, 0.25) is 5.02 Å². The van der Waals surface area contributed by atoms with Crippen molar-refractivity contribution >= 4 is 33.8 Å². The molecule has 6 heteroatoms. The second kappa shape index (κ2) is 9.14. The second-order valence-electron chi connectivity index (χ2n) is 9.13. The molecule has 0 saturated carbocycles. The molecule has 0 radical (unpaired) electrons. The van der Waals surface area contributed by atoms with Crippen LogP contribution >= 0.6 is 11.6 Å². The molecule has 0 amide bonds. The maximum atomic E-state index is 6.55. The van der Waals surface area contributed by atoms with Gasteiger partial charge >= 0.3 is 0 Å². The molecule has 32 heavy (non-hydrogen) atoms. The topological polar surface area (TPSA) is 51.4 Å². The van der Waals surface area contributed by atoms with E-state index in [2.05, 4.69) is 74.9 Å². The van der Waals surface area contributed by atoms with Crippen LogP contribution in [0.4, 0.5) is 5.69 Å². The molecule has 2 unspecified atom stereocenters. The summed E-state index contributed by atoms with van der Waals surface area (Å²) in [6.07, 6.45) is 6.16. The minimum Gasteiger partial charge on any atom is -0.476 e. The van der Waals surface area contributed by atoms with Crippen LogP contribution < -0.4 is 9.64 Å². The highest BCUT2D eigenvalue weighted by atomic mass is 35.5. The molecule has 4 rings (SSSR count). The van der Waals surface area contributed by atoms with E-state index in [1.54, 1.807) is 0 Å². The lowest BCUT2D eigenvalue weighted by Gasteiger charge is -2.34. The summed E-state index contributed by atoms with van der Waals surface area (Å²) in [6, 6.07) is 6.56. The van der Waals surface area contributed by atoms with Gasteiger partial charge in [-0.1, -0.05) is 57.5 Å². The van der Waals surface area contributed by atoms with Crippen molar-refractivity contribution in [1.82, 2.24) is 10.1 Å². The van der Waals surface area contributed by atoms with Gasteiger partial charge in [0.05, 0.1) is 12.3 Å². The van der Waals surface area contributed by atoms with E-state index < -0.39 is 0 Å². The number of aromatic nitrogens is 2. The van der Waals surface area contributed by atoms with E-state index >= 15 is 0 Å². The normalized spacial score (nSPS) is 16.9. The van der Waals surface area contributed by atoms with Crippen LogP contribution in [-0.2, 0) is 0 Å². The monoisotopic (exact) mass is 453 g/mol. The Hall–Kier alpha value is -2.53. The molecule has 5 nitrogen and oxygen atoms in total. The molecule has 1 aliphatic heterocycles. The third-order valence-electron chi connectivity index (χ3n) is 6.31. The molecule has 0 saturated heterocycles. The van der Waals surface area contributed by atoms with Gasteiger partial charge in [0.25, 0.3) is 0 Å². The van der Waals surface area contributed by atoms with Crippen molar-refractivity contribution in [3.8, 4) is 5.88 Å². The largest absolute Gasteiger partial charge is 0.476 e. The molecule has 0 aliphatic carbocycles. The fourth-order valence-electron chi connectivity index (χ4n) is 4.19. The summed E-state index contributed by atoms with van der Waals surface area (Å²) in [5.41, 5.74) is 6.19. The first-order valence-electron chi connectivity index (χ1n) is 11.5. The molecule has 0 N–H and O–H groups in total. The Morgan fingerprint density at radius 2 is 1.97 bits per heavy atom. The Morgan fingerprint density at radius 3 is 2.62 bits per heavy atom. The number of hydrogen-bond acceptors (Lipinski definition) is 5. The smallest absolute Gasteiger partial charge is 0.232 e. The van der Waals surface area contributed by atoms with Crippen LogP contribution in [0.5, 0.6) is 5.88 Å². The Bertz CT molecular complexity index is 1150. The first-order valence-corrected chi connectivity index (χ1v) is 11.9. The van der Waals surface area contributed by atoms with Gasteiger partial charge in [0.15, 0.2) is 5.58 Å². The lowest BCUT2D eigenvalue weighted by Crippen LogP contribution is -2.33. The van der Waals surface area contributed by atoms with Gasteiger partial charge in [0.2, 0.25) is 5.88 Å². The summed E-state index contributed by atoms with van der Waals surface area (Å²) in [5, 5.41) is 6.01. The van der Waals surface area contributed by atoms with Gasteiger partial charge in [-0.3, -0.25) is 0 Å². The number of hydrogen-bond donors (Lipinski definition) is 0. The third-order valence-corrected chi connectivity index (χ3v) is 6.58. The van der Waals surface area contributed by atoms with Crippen LogP contribution in [-0.4, -0.2) is 29.8 Å². The zero-order valence-electron chi connectivity index (χ0n) is 19.8.